The second-order valence-electron chi connectivity index (χ2n) is 5.37. The van der Waals surface area contributed by atoms with Crippen LogP contribution in [-0.2, 0) is 9.59 Å². The van der Waals surface area contributed by atoms with Gasteiger partial charge in [-0.05, 0) is 26.7 Å². The molecule has 0 aromatic heterocycles. The fourth-order valence-corrected chi connectivity index (χ4v) is 1.76. The third-order valence-corrected chi connectivity index (χ3v) is 3.50. The van der Waals surface area contributed by atoms with E-state index >= 15 is 0 Å². The van der Waals surface area contributed by atoms with E-state index in [2.05, 4.69) is 16.0 Å². The topological polar surface area (TPSA) is 108 Å². The van der Waals surface area contributed by atoms with Crippen LogP contribution in [0.15, 0.2) is 0 Å². The Kier molecular flexibility index (Phi) is 6.48. The summed E-state index contributed by atoms with van der Waals surface area (Å²) in [5.74, 6) is -1.27. The fraction of sp³-hybridized carbons (Fsp3) is 0.769. The minimum absolute atomic E-state index is 0.113. The Morgan fingerprint density at radius 3 is 1.95 bits per heavy atom. The number of aliphatic carboxylic acids is 1. The van der Waals surface area contributed by atoms with Gasteiger partial charge in [-0.2, -0.15) is 0 Å². The molecule has 4 N–H and O–H groups in total. The van der Waals surface area contributed by atoms with Crippen LogP contribution in [0.5, 0.6) is 0 Å². The van der Waals surface area contributed by atoms with E-state index in [4.69, 9.17) is 0 Å². The summed E-state index contributed by atoms with van der Waals surface area (Å²) < 4.78 is 0. The maximum Gasteiger partial charge on any atom is 0.329 e. The van der Waals surface area contributed by atoms with Gasteiger partial charge in [0.2, 0.25) is 5.91 Å². The lowest BCUT2D eigenvalue weighted by Crippen LogP contribution is -2.57. The molecule has 7 heteroatoms. The zero-order chi connectivity index (χ0) is 16.0. The summed E-state index contributed by atoms with van der Waals surface area (Å²) in [5.41, 5.74) is -2.04. The molecule has 0 atom stereocenters. The molecule has 0 aliphatic rings. The molecule has 0 saturated carbocycles. The van der Waals surface area contributed by atoms with E-state index in [1.165, 1.54) is 7.05 Å². The molecule has 0 aliphatic heterocycles. The van der Waals surface area contributed by atoms with Gasteiger partial charge in [-0.3, -0.25) is 4.79 Å². The zero-order valence-electron chi connectivity index (χ0n) is 12.8. The summed E-state index contributed by atoms with van der Waals surface area (Å²) in [6.45, 7) is 6.90. The number of hydrogen-bond donors (Lipinski definition) is 4. The number of hydrogen-bond acceptors (Lipinski definition) is 3. The Morgan fingerprint density at radius 2 is 1.60 bits per heavy atom. The van der Waals surface area contributed by atoms with Crippen LogP contribution in [0.3, 0.4) is 0 Å². The Balaban J connectivity index is 4.65. The highest BCUT2D eigenvalue weighted by Crippen LogP contribution is 2.16. The third kappa shape index (κ3) is 4.40. The first-order chi connectivity index (χ1) is 9.15. The highest BCUT2D eigenvalue weighted by molar-refractivity contribution is 5.87. The summed E-state index contributed by atoms with van der Waals surface area (Å²) in [6.07, 6.45) is 0.566. The van der Waals surface area contributed by atoms with Crippen LogP contribution < -0.4 is 16.0 Å². The molecule has 0 saturated heterocycles. The van der Waals surface area contributed by atoms with Gasteiger partial charge in [-0.15, -0.1) is 0 Å². The number of amides is 3. The zero-order valence-corrected chi connectivity index (χ0v) is 12.8. The fourth-order valence-electron chi connectivity index (χ4n) is 1.76. The largest absolute Gasteiger partial charge is 0.480 e. The number of nitrogens with one attached hydrogen (secondary N) is 3. The lowest BCUT2D eigenvalue weighted by atomic mass is 9.92. The first-order valence-corrected chi connectivity index (χ1v) is 6.66. The van der Waals surface area contributed by atoms with Crippen molar-refractivity contribution in [3.63, 3.8) is 0 Å². The van der Waals surface area contributed by atoms with Crippen molar-refractivity contribution in [1.82, 2.24) is 16.0 Å². The normalized spacial score (nSPS) is 11.7. The molecule has 0 aromatic carbocycles. The van der Waals surface area contributed by atoms with Crippen molar-refractivity contribution >= 4 is 17.9 Å². The Bertz CT molecular complexity index is 376. The molecule has 0 fully saturated rings. The maximum atomic E-state index is 11.8. The van der Waals surface area contributed by atoms with E-state index in [9.17, 15) is 19.5 Å². The SMILES string of the molecule is CCC(CC)(NC(=O)NCC(C)(C)C(=O)NC)C(=O)O. The van der Waals surface area contributed by atoms with E-state index in [0.717, 1.165) is 0 Å². The van der Waals surface area contributed by atoms with E-state index in [1.54, 1.807) is 27.7 Å². The Morgan fingerprint density at radius 1 is 1.10 bits per heavy atom. The predicted molar refractivity (Wildman–Crippen MR) is 75.3 cm³/mol. The van der Waals surface area contributed by atoms with E-state index in [-0.39, 0.29) is 25.3 Å². The molecule has 0 aliphatic carbocycles. The van der Waals surface area contributed by atoms with Gasteiger partial charge in [-0.25, -0.2) is 9.59 Å². The van der Waals surface area contributed by atoms with E-state index < -0.39 is 23.0 Å². The maximum absolute atomic E-state index is 11.8. The smallest absolute Gasteiger partial charge is 0.329 e. The lowest BCUT2D eigenvalue weighted by molar-refractivity contribution is -0.144. The van der Waals surface area contributed by atoms with Gasteiger partial charge < -0.3 is 21.1 Å². The van der Waals surface area contributed by atoms with E-state index in [0.29, 0.717) is 0 Å². The van der Waals surface area contributed by atoms with Crippen molar-refractivity contribution in [2.45, 2.75) is 46.1 Å². The molecule has 20 heavy (non-hydrogen) atoms. The van der Waals surface area contributed by atoms with Crippen LogP contribution in [0.2, 0.25) is 0 Å². The minimum atomic E-state index is -1.28. The molecular formula is C13H25N3O4. The molecule has 0 heterocycles. The second-order valence-corrected chi connectivity index (χ2v) is 5.37. The monoisotopic (exact) mass is 287 g/mol. The summed E-state index contributed by atoms with van der Waals surface area (Å²) in [6, 6.07) is -0.590. The standard InChI is InChI=1S/C13H25N3O4/c1-6-13(7-2,10(18)19)16-11(20)15-8-12(3,4)9(17)14-5/h6-8H2,1-5H3,(H,14,17)(H,18,19)(H2,15,16,20). The summed E-state index contributed by atoms with van der Waals surface area (Å²) in [7, 11) is 1.52. The molecule has 0 aromatic rings. The number of carbonyl (C=O) groups excluding carboxylic acids is 2. The van der Waals surface area contributed by atoms with Crippen LogP contribution >= 0.6 is 0 Å². The van der Waals surface area contributed by atoms with E-state index in [1.807, 2.05) is 0 Å². The number of rotatable bonds is 7. The average molecular weight is 287 g/mol. The second kappa shape index (κ2) is 7.12. The molecule has 0 bridgehead atoms. The van der Waals surface area contributed by atoms with Crippen LogP contribution in [0.25, 0.3) is 0 Å². The van der Waals surface area contributed by atoms with Crippen molar-refractivity contribution in [3.8, 4) is 0 Å². The molecule has 7 nitrogen and oxygen atoms in total. The number of carboxylic acids is 1. The van der Waals surface area contributed by atoms with Gasteiger partial charge in [0.1, 0.15) is 5.54 Å². The predicted octanol–water partition coefficient (Wildman–Crippen LogP) is 0.701. The molecule has 0 radical (unpaired) electrons. The number of carboxylic acid groups (broad SMARTS) is 1. The summed E-state index contributed by atoms with van der Waals surface area (Å²) >= 11 is 0. The van der Waals surface area contributed by atoms with Gasteiger partial charge >= 0.3 is 12.0 Å². The Labute approximate surface area is 119 Å². The van der Waals surface area contributed by atoms with Crippen molar-refractivity contribution in [2.24, 2.45) is 5.41 Å². The summed E-state index contributed by atoms with van der Waals surface area (Å²) in [5, 5.41) is 16.8. The molecule has 0 spiro atoms. The van der Waals surface area contributed by atoms with Crippen molar-refractivity contribution in [3.05, 3.63) is 0 Å². The third-order valence-electron chi connectivity index (χ3n) is 3.50. The van der Waals surface area contributed by atoms with Crippen LogP contribution in [0.4, 0.5) is 4.79 Å². The molecule has 3 amide bonds. The van der Waals surface area contributed by atoms with Crippen LogP contribution in [-0.4, -0.2) is 42.1 Å². The van der Waals surface area contributed by atoms with Crippen LogP contribution in [0, 0.1) is 5.41 Å². The van der Waals surface area contributed by atoms with Gasteiger partial charge in [0.15, 0.2) is 0 Å². The van der Waals surface area contributed by atoms with Gasteiger partial charge in [0, 0.05) is 13.6 Å². The number of carbonyl (C=O) groups is 3. The van der Waals surface area contributed by atoms with Gasteiger partial charge in [-0.1, -0.05) is 13.8 Å². The van der Waals surface area contributed by atoms with Crippen molar-refractivity contribution in [2.75, 3.05) is 13.6 Å². The van der Waals surface area contributed by atoms with Crippen LogP contribution in [0.1, 0.15) is 40.5 Å². The highest BCUT2D eigenvalue weighted by atomic mass is 16.4. The van der Waals surface area contributed by atoms with Gasteiger partial charge in [0.05, 0.1) is 5.41 Å². The Hall–Kier alpha value is -1.79. The highest BCUT2D eigenvalue weighted by Gasteiger charge is 2.37. The van der Waals surface area contributed by atoms with Crippen molar-refractivity contribution in [1.29, 1.82) is 0 Å². The summed E-state index contributed by atoms with van der Waals surface area (Å²) in [4.78, 5) is 34.7. The molecular weight excluding hydrogens is 262 g/mol. The van der Waals surface area contributed by atoms with Gasteiger partial charge in [0.25, 0.3) is 0 Å². The molecule has 0 rings (SSSR count). The quantitative estimate of drug-likeness (QED) is 0.553. The number of urea groups is 1. The first kappa shape index (κ1) is 18.2. The molecule has 0 unspecified atom stereocenters. The first-order valence-electron chi connectivity index (χ1n) is 6.66. The average Bonchev–Trinajstić information content (AvgIpc) is 2.41. The molecule has 116 valence electrons. The lowest BCUT2D eigenvalue weighted by Gasteiger charge is -2.29. The van der Waals surface area contributed by atoms with Crippen molar-refractivity contribution < 1.29 is 19.5 Å². The minimum Gasteiger partial charge on any atom is -0.480 e.